The van der Waals surface area contributed by atoms with E-state index in [-0.39, 0.29) is 17.8 Å². The van der Waals surface area contributed by atoms with Crippen molar-refractivity contribution in [3.05, 3.63) is 62.5 Å². The summed E-state index contributed by atoms with van der Waals surface area (Å²) >= 11 is 0. The molecule has 0 saturated carbocycles. The largest absolute Gasteiger partial charge is 0.493 e. The van der Waals surface area contributed by atoms with Gasteiger partial charge in [0.1, 0.15) is 17.4 Å². The number of ketones is 1. The third-order valence-corrected chi connectivity index (χ3v) is 6.10. The first-order valence-corrected chi connectivity index (χ1v) is 10.1. The molecule has 0 saturated heterocycles. The van der Waals surface area contributed by atoms with Crippen LogP contribution in [0.25, 0.3) is 11.0 Å². The molecule has 2 aromatic carbocycles. The first-order chi connectivity index (χ1) is 14.5. The van der Waals surface area contributed by atoms with Crippen LogP contribution in [0.15, 0.2) is 33.5 Å². The molecule has 6 nitrogen and oxygen atoms in total. The minimum atomic E-state index is -0.459. The number of benzene rings is 2. The van der Waals surface area contributed by atoms with Crippen LogP contribution in [0.1, 0.15) is 51.6 Å². The van der Waals surface area contributed by atoms with Crippen molar-refractivity contribution in [3.63, 3.8) is 0 Å². The second-order valence-electron chi connectivity index (χ2n) is 7.82. The summed E-state index contributed by atoms with van der Waals surface area (Å²) in [6, 6.07) is 7.31. The molecule has 0 amide bonds. The van der Waals surface area contributed by atoms with Crippen molar-refractivity contribution in [2.24, 2.45) is 0 Å². The van der Waals surface area contributed by atoms with Gasteiger partial charge < -0.3 is 18.6 Å². The predicted molar refractivity (Wildman–Crippen MR) is 111 cm³/mol. The number of hydrogen-bond donors (Lipinski definition) is 0. The summed E-state index contributed by atoms with van der Waals surface area (Å²) in [7, 11) is 3.16. The Morgan fingerprint density at radius 3 is 2.53 bits per heavy atom. The number of hydrogen-bond acceptors (Lipinski definition) is 6. The van der Waals surface area contributed by atoms with E-state index in [4.69, 9.17) is 18.6 Å². The summed E-state index contributed by atoms with van der Waals surface area (Å²) in [5, 5.41) is 0.765. The van der Waals surface area contributed by atoms with Gasteiger partial charge in [-0.2, -0.15) is 0 Å². The number of aryl methyl sites for hydroxylation is 2. The van der Waals surface area contributed by atoms with E-state index >= 15 is 0 Å². The van der Waals surface area contributed by atoms with Gasteiger partial charge in [-0.1, -0.05) is 6.07 Å². The maximum Gasteiger partial charge on any atom is 0.339 e. The second-order valence-corrected chi connectivity index (χ2v) is 7.82. The van der Waals surface area contributed by atoms with E-state index in [1.165, 1.54) is 0 Å². The van der Waals surface area contributed by atoms with E-state index < -0.39 is 6.10 Å². The van der Waals surface area contributed by atoms with Gasteiger partial charge in [0.25, 0.3) is 0 Å². The molecule has 1 aliphatic heterocycles. The summed E-state index contributed by atoms with van der Waals surface area (Å²) in [4.78, 5) is 25.5. The summed E-state index contributed by atoms with van der Waals surface area (Å²) in [6.45, 7) is 1.85. The molecule has 1 atom stereocenters. The fourth-order valence-electron chi connectivity index (χ4n) is 4.69. The monoisotopic (exact) mass is 406 g/mol. The van der Waals surface area contributed by atoms with Crippen molar-refractivity contribution < 1.29 is 23.4 Å². The summed E-state index contributed by atoms with van der Waals surface area (Å²) in [5.74, 6) is 1.75. The van der Waals surface area contributed by atoms with Crippen molar-refractivity contribution in [2.45, 2.75) is 38.7 Å². The molecule has 2 aliphatic rings. The predicted octanol–water partition coefficient (Wildman–Crippen LogP) is 4.31. The molecule has 154 valence electrons. The molecule has 1 aliphatic carbocycles. The molecule has 5 rings (SSSR count). The van der Waals surface area contributed by atoms with Gasteiger partial charge in [0.2, 0.25) is 0 Å². The summed E-state index contributed by atoms with van der Waals surface area (Å²) in [6.07, 6.45) is 2.15. The van der Waals surface area contributed by atoms with Crippen molar-refractivity contribution in [3.8, 4) is 17.2 Å². The zero-order valence-corrected chi connectivity index (χ0v) is 17.2. The van der Waals surface area contributed by atoms with Crippen LogP contribution in [0.3, 0.4) is 0 Å². The van der Waals surface area contributed by atoms with Gasteiger partial charge in [-0.3, -0.25) is 4.79 Å². The van der Waals surface area contributed by atoms with Crippen LogP contribution in [0.2, 0.25) is 0 Å². The molecule has 30 heavy (non-hydrogen) atoms. The van der Waals surface area contributed by atoms with E-state index in [9.17, 15) is 9.59 Å². The first kappa shape index (κ1) is 18.7. The molecule has 0 bridgehead atoms. The van der Waals surface area contributed by atoms with Gasteiger partial charge in [0.15, 0.2) is 17.3 Å². The molecule has 2 heterocycles. The summed E-state index contributed by atoms with van der Waals surface area (Å²) < 4.78 is 22.8. The van der Waals surface area contributed by atoms with Gasteiger partial charge in [0.05, 0.1) is 31.6 Å². The normalized spacial score (nSPS) is 17.4. The zero-order valence-electron chi connectivity index (χ0n) is 17.2. The first-order valence-electron chi connectivity index (χ1n) is 10.1. The highest BCUT2D eigenvalue weighted by Gasteiger charge is 2.34. The Bertz CT molecular complexity index is 1250. The molecule has 0 spiro atoms. The number of methoxy groups -OCH3 is 2. The molecule has 0 fully saturated rings. The lowest BCUT2D eigenvalue weighted by Gasteiger charge is -2.28. The molecule has 0 N–H and O–H groups in total. The summed E-state index contributed by atoms with van der Waals surface area (Å²) in [5.41, 5.74) is 4.04. The van der Waals surface area contributed by atoms with Crippen molar-refractivity contribution >= 4 is 16.8 Å². The van der Waals surface area contributed by atoms with Crippen LogP contribution < -0.4 is 19.8 Å². The van der Waals surface area contributed by atoms with Crippen LogP contribution in [0, 0.1) is 6.92 Å². The van der Waals surface area contributed by atoms with Crippen LogP contribution in [0.4, 0.5) is 0 Å². The molecule has 1 aromatic heterocycles. The number of ether oxygens (including phenoxy) is 3. The van der Waals surface area contributed by atoms with Crippen molar-refractivity contribution in [2.75, 3.05) is 14.2 Å². The van der Waals surface area contributed by atoms with E-state index in [2.05, 4.69) is 0 Å². The second kappa shape index (κ2) is 6.90. The third-order valence-electron chi connectivity index (χ3n) is 6.10. The fourth-order valence-corrected chi connectivity index (χ4v) is 4.69. The Morgan fingerprint density at radius 1 is 1.00 bits per heavy atom. The van der Waals surface area contributed by atoms with Gasteiger partial charge in [-0.25, -0.2) is 4.79 Å². The maximum absolute atomic E-state index is 13.2. The highest BCUT2D eigenvalue weighted by Crippen LogP contribution is 2.45. The Hall–Kier alpha value is -3.28. The lowest BCUT2D eigenvalue weighted by Crippen LogP contribution is -2.22. The number of carbonyl (C=O) groups is 1. The highest BCUT2D eigenvalue weighted by molar-refractivity contribution is 6.07. The third kappa shape index (κ3) is 2.70. The fraction of sp³-hybridized carbons (Fsp3) is 0.333. The van der Waals surface area contributed by atoms with Gasteiger partial charge >= 0.3 is 5.63 Å². The smallest absolute Gasteiger partial charge is 0.339 e. The Morgan fingerprint density at radius 2 is 1.77 bits per heavy atom. The Labute approximate surface area is 173 Å². The van der Waals surface area contributed by atoms with Crippen LogP contribution in [0.5, 0.6) is 17.2 Å². The van der Waals surface area contributed by atoms with Crippen LogP contribution in [-0.2, 0) is 12.8 Å². The quantitative estimate of drug-likeness (QED) is 0.603. The Kier molecular flexibility index (Phi) is 4.31. The molecule has 0 radical (unpaired) electrons. The van der Waals surface area contributed by atoms with Crippen molar-refractivity contribution in [1.29, 1.82) is 0 Å². The lowest BCUT2D eigenvalue weighted by atomic mass is 9.90. The minimum absolute atomic E-state index is 0.0216. The zero-order chi connectivity index (χ0) is 21.0. The number of fused-ring (bicyclic) bond motifs is 5. The van der Waals surface area contributed by atoms with E-state index in [1.807, 2.05) is 25.1 Å². The average Bonchev–Trinajstić information content (AvgIpc) is 3.23. The van der Waals surface area contributed by atoms with Crippen LogP contribution >= 0.6 is 0 Å². The van der Waals surface area contributed by atoms with Gasteiger partial charge in [-0.15, -0.1) is 0 Å². The van der Waals surface area contributed by atoms with Crippen molar-refractivity contribution in [1.82, 2.24) is 0 Å². The molecule has 0 unspecified atom stereocenters. The van der Waals surface area contributed by atoms with E-state index in [0.717, 1.165) is 34.9 Å². The maximum atomic E-state index is 13.2. The average molecular weight is 406 g/mol. The topological polar surface area (TPSA) is 75.0 Å². The number of carbonyl (C=O) groups excluding carboxylic acids is 1. The van der Waals surface area contributed by atoms with Crippen LogP contribution in [-0.4, -0.2) is 20.0 Å². The number of Topliss-reactive ketones (excluding diaryl/α,β-unsaturated/α-hetero) is 1. The van der Waals surface area contributed by atoms with Gasteiger partial charge in [0, 0.05) is 5.56 Å². The SMILES string of the molecule is COc1ccc([C@H]2CC(=O)c3c(C)cc4oc(=O)c5c(c4c3O2)CCC5)cc1OC. The van der Waals surface area contributed by atoms with Gasteiger partial charge in [-0.05, 0) is 61.1 Å². The lowest BCUT2D eigenvalue weighted by molar-refractivity contribution is 0.0852. The van der Waals surface area contributed by atoms with E-state index in [0.29, 0.717) is 40.4 Å². The molecule has 6 heteroatoms. The van der Waals surface area contributed by atoms with E-state index in [1.54, 1.807) is 20.3 Å². The number of rotatable bonds is 3. The standard InChI is InChI=1S/C24H22O6/c1-12-9-20-22(14-5-4-6-15(14)24(26)30-20)23-21(12)16(25)11-18(29-23)13-7-8-17(27-2)19(10-13)28-3/h7-10,18H,4-6,11H2,1-3H3/t18-/m1/s1. The molecular formula is C24H22O6. The minimum Gasteiger partial charge on any atom is -0.493 e. The molecule has 3 aromatic rings. The molecular weight excluding hydrogens is 384 g/mol. The highest BCUT2D eigenvalue weighted by atomic mass is 16.5. The Balaban J connectivity index is 1.70.